The molecule has 0 saturated heterocycles. The first-order chi connectivity index (χ1) is 31.8. The SMILES string of the molecule is COc1ccc(C23CC(C(=O)NC4CC(N=C=S)C4)(C2)C3)cc1.COc1ccc(C23CC(C(=O)NC4CC(NC(=O)OC(C)(C)C)C4)(C2)C3)cc1.COc1ccc(C23CC(C(=O)O)(C2)C3)cc1. The second kappa shape index (κ2) is 16.9. The van der Waals surface area contributed by atoms with Crippen LogP contribution in [0.25, 0.3) is 0 Å². The Morgan fingerprint density at radius 3 is 1.21 bits per heavy atom. The predicted molar refractivity (Wildman–Crippen MR) is 255 cm³/mol. The minimum Gasteiger partial charge on any atom is -0.497 e. The molecule has 356 valence electrons. The first-order valence-corrected chi connectivity index (χ1v) is 24.1. The van der Waals surface area contributed by atoms with Gasteiger partial charge in [0.2, 0.25) is 11.8 Å². The Labute approximate surface area is 398 Å². The van der Waals surface area contributed by atoms with E-state index in [0.29, 0.717) is 0 Å². The number of carbonyl (C=O) groups is 4. The number of nitrogens with one attached hydrogen (secondary N) is 3. The standard InChI is InChI=1S/C22H30N2O4.C18H20N2O2S.C13H14O3/c1-20(2,3)28-19(26)24-16-9-15(10-16)23-18(25)22-11-21(12-22,13-22)14-5-7-17(27-4)8-6-14;1-22-15-4-2-12(3-5-15)17-8-18(9-17,10-17)16(21)20-14-6-13(7-14)19-11-23;1-16-10-4-2-9(3-5-10)12-6-13(7-12,8-12)11(14)15/h5-8,15-16H,9-13H2,1-4H3,(H,23,25)(H,24,26);2-5,13-14H,6-10H2,1H3,(H,20,21);2-5H,6-8H2,1H3,(H,14,15). The maximum Gasteiger partial charge on any atom is 0.407 e. The van der Waals surface area contributed by atoms with Gasteiger partial charge in [-0.25, -0.2) is 9.79 Å². The van der Waals surface area contributed by atoms with Crippen molar-refractivity contribution in [2.75, 3.05) is 21.3 Å². The van der Waals surface area contributed by atoms with Crippen molar-refractivity contribution < 1.29 is 43.2 Å². The van der Waals surface area contributed by atoms with E-state index in [1.807, 2.05) is 57.2 Å². The fraction of sp³-hybridized carbons (Fsp3) is 0.566. The topological polar surface area (TPSA) is 174 Å². The Morgan fingerprint density at radius 1 is 0.567 bits per heavy atom. The third-order valence-corrected chi connectivity index (χ3v) is 16.6. The normalized spacial score (nSPS) is 34.6. The molecule has 11 fully saturated rings. The van der Waals surface area contributed by atoms with E-state index in [1.54, 1.807) is 21.3 Å². The van der Waals surface area contributed by atoms with E-state index in [1.165, 1.54) is 16.7 Å². The van der Waals surface area contributed by atoms with Gasteiger partial charge in [-0.1, -0.05) is 36.4 Å². The molecular weight excluding hydrogens is 869 g/mol. The van der Waals surface area contributed by atoms with E-state index in [-0.39, 0.29) is 74.6 Å². The van der Waals surface area contributed by atoms with Crippen molar-refractivity contribution in [1.29, 1.82) is 0 Å². The monoisotopic (exact) mass is 932 g/mol. The van der Waals surface area contributed by atoms with E-state index in [4.69, 9.17) is 24.1 Å². The maximum absolute atomic E-state index is 12.7. The molecule has 14 rings (SSSR count). The number of hydrogen-bond acceptors (Lipinski definition) is 10. The molecule has 11 saturated carbocycles. The highest BCUT2D eigenvalue weighted by atomic mass is 32.1. The molecule has 0 aromatic heterocycles. The summed E-state index contributed by atoms with van der Waals surface area (Å²) in [7, 11) is 5.00. The van der Waals surface area contributed by atoms with E-state index in [0.717, 1.165) is 101 Å². The first-order valence-electron chi connectivity index (χ1n) is 23.7. The summed E-state index contributed by atoms with van der Waals surface area (Å²) < 4.78 is 20.8. The third kappa shape index (κ3) is 8.47. The zero-order valence-corrected chi connectivity index (χ0v) is 40.3. The summed E-state index contributed by atoms with van der Waals surface area (Å²) in [6, 6.07) is 25.3. The molecule has 14 heteroatoms. The molecule has 11 aliphatic carbocycles. The minimum absolute atomic E-state index is 0.0822. The number of benzene rings is 3. The van der Waals surface area contributed by atoms with Gasteiger partial charge >= 0.3 is 12.1 Å². The molecule has 67 heavy (non-hydrogen) atoms. The van der Waals surface area contributed by atoms with E-state index >= 15 is 0 Å². The first kappa shape index (κ1) is 46.6. The van der Waals surface area contributed by atoms with E-state index in [2.05, 4.69) is 74.7 Å². The van der Waals surface area contributed by atoms with Gasteiger partial charge < -0.3 is 40.0 Å². The average molecular weight is 933 g/mol. The lowest BCUT2D eigenvalue weighted by Crippen LogP contribution is -2.71. The predicted octanol–water partition coefficient (Wildman–Crippen LogP) is 8.36. The number of carboxylic acids is 1. The molecule has 0 unspecified atom stereocenters. The van der Waals surface area contributed by atoms with Gasteiger partial charge in [0.1, 0.15) is 22.8 Å². The van der Waals surface area contributed by atoms with Crippen molar-refractivity contribution in [2.24, 2.45) is 21.2 Å². The number of methoxy groups -OCH3 is 3. The zero-order valence-electron chi connectivity index (χ0n) is 39.5. The largest absolute Gasteiger partial charge is 0.497 e. The number of hydrogen-bond donors (Lipinski definition) is 4. The molecule has 0 aliphatic heterocycles. The summed E-state index contributed by atoms with van der Waals surface area (Å²) >= 11 is 4.61. The fourth-order valence-electron chi connectivity index (χ4n) is 12.7. The van der Waals surface area contributed by atoms with Crippen LogP contribution in [0, 0.1) is 16.2 Å². The van der Waals surface area contributed by atoms with Crippen LogP contribution in [0.2, 0.25) is 0 Å². The quantitative estimate of drug-likeness (QED) is 0.0964. The van der Waals surface area contributed by atoms with Crippen molar-refractivity contribution >= 4 is 41.3 Å². The van der Waals surface area contributed by atoms with Crippen LogP contribution in [-0.2, 0) is 35.4 Å². The molecule has 3 amide bonds. The van der Waals surface area contributed by atoms with Gasteiger partial charge in [0, 0.05) is 18.1 Å². The molecule has 11 aliphatic rings. The van der Waals surface area contributed by atoms with E-state index < -0.39 is 11.6 Å². The summed E-state index contributed by atoms with van der Waals surface area (Å²) in [5.41, 5.74) is 3.31. The van der Waals surface area contributed by atoms with Crippen LogP contribution in [-0.4, -0.2) is 85.2 Å². The number of rotatable bonds is 13. The number of carboxylic acid groups (broad SMARTS) is 1. The van der Waals surface area contributed by atoms with Crippen LogP contribution in [0.3, 0.4) is 0 Å². The van der Waals surface area contributed by atoms with Gasteiger partial charge in [-0.15, -0.1) is 0 Å². The smallest absolute Gasteiger partial charge is 0.407 e. The van der Waals surface area contributed by atoms with Crippen LogP contribution < -0.4 is 30.2 Å². The average Bonchev–Trinajstić information content (AvgIpc) is 3.17. The lowest BCUT2D eigenvalue weighted by atomic mass is 9.33. The highest BCUT2D eigenvalue weighted by molar-refractivity contribution is 7.78. The number of nitrogens with zero attached hydrogens (tertiary/aromatic N) is 1. The molecule has 0 spiro atoms. The molecule has 0 atom stereocenters. The van der Waals surface area contributed by atoms with Crippen molar-refractivity contribution in [1.82, 2.24) is 16.0 Å². The second-order valence-corrected chi connectivity index (χ2v) is 22.4. The van der Waals surface area contributed by atoms with Crippen LogP contribution in [0.15, 0.2) is 77.8 Å². The van der Waals surface area contributed by atoms with Crippen LogP contribution in [0.4, 0.5) is 4.79 Å². The van der Waals surface area contributed by atoms with Crippen LogP contribution in [0.5, 0.6) is 17.2 Å². The summed E-state index contributed by atoms with van der Waals surface area (Å²) in [4.78, 5) is 52.1. The highest BCUT2D eigenvalue weighted by Gasteiger charge is 2.74. The lowest BCUT2D eigenvalue weighted by Gasteiger charge is -2.70. The Kier molecular flexibility index (Phi) is 11.8. The number of ether oxygens (including phenoxy) is 4. The molecule has 13 nitrogen and oxygen atoms in total. The minimum atomic E-state index is -0.622. The fourth-order valence-corrected chi connectivity index (χ4v) is 12.9. The van der Waals surface area contributed by atoms with Gasteiger partial charge in [-0.2, -0.15) is 0 Å². The number of amides is 3. The lowest BCUT2D eigenvalue weighted by molar-refractivity contribution is -0.194. The van der Waals surface area contributed by atoms with Gasteiger partial charge in [-0.3, -0.25) is 14.4 Å². The third-order valence-electron chi connectivity index (χ3n) is 16.5. The van der Waals surface area contributed by atoms with Gasteiger partial charge in [-0.05, 0) is 186 Å². The number of aliphatic imine (C=N–C) groups is 1. The number of alkyl carbamates (subject to hydrolysis) is 1. The highest BCUT2D eigenvalue weighted by Crippen LogP contribution is 2.75. The molecule has 3 aromatic rings. The van der Waals surface area contributed by atoms with Crippen molar-refractivity contribution in [3.63, 3.8) is 0 Å². The van der Waals surface area contributed by atoms with Crippen LogP contribution in [0.1, 0.15) is 121 Å². The molecule has 3 aromatic carbocycles. The Balaban J connectivity index is 0.000000130. The Bertz CT molecular complexity index is 2390. The summed E-state index contributed by atoms with van der Waals surface area (Å²) in [5.74, 6) is 2.39. The number of aliphatic carboxylic acids is 1. The second-order valence-electron chi connectivity index (χ2n) is 22.3. The van der Waals surface area contributed by atoms with Gasteiger partial charge in [0.25, 0.3) is 0 Å². The van der Waals surface area contributed by atoms with Crippen molar-refractivity contribution in [3.8, 4) is 17.2 Å². The zero-order chi connectivity index (χ0) is 47.6. The molecule has 4 N–H and O–H groups in total. The number of carbonyl (C=O) groups excluding carboxylic acids is 3. The van der Waals surface area contributed by atoms with Gasteiger partial charge in [0.05, 0.1) is 48.8 Å². The molecular formula is C53H64N4O9S. The summed E-state index contributed by atoms with van der Waals surface area (Å²) in [6.45, 7) is 5.54. The van der Waals surface area contributed by atoms with Gasteiger partial charge in [0.15, 0.2) is 0 Å². The Morgan fingerprint density at radius 2 is 0.896 bits per heavy atom. The summed E-state index contributed by atoms with van der Waals surface area (Å²) in [6.07, 6.45) is 11.1. The molecule has 0 heterocycles. The molecule has 6 bridgehead atoms. The Hall–Kier alpha value is -5.46. The number of isothiocyanates is 1. The number of thiocarbonyl (C=S) groups is 1. The summed E-state index contributed by atoms with van der Waals surface area (Å²) in [5, 5.41) is 20.7. The van der Waals surface area contributed by atoms with Crippen LogP contribution >= 0.6 is 12.2 Å². The van der Waals surface area contributed by atoms with Crippen molar-refractivity contribution in [3.05, 3.63) is 89.5 Å². The van der Waals surface area contributed by atoms with Crippen molar-refractivity contribution in [2.45, 2.75) is 150 Å². The van der Waals surface area contributed by atoms with E-state index in [9.17, 15) is 19.2 Å². The molecule has 0 radical (unpaired) electrons. The maximum atomic E-state index is 12.7.